The lowest BCUT2D eigenvalue weighted by molar-refractivity contribution is -0.113. The molecule has 0 radical (unpaired) electrons. The predicted octanol–water partition coefficient (Wildman–Crippen LogP) is 5.17. The average molecular weight is 465 g/mol. The van der Waals surface area contributed by atoms with Crippen molar-refractivity contribution in [1.29, 1.82) is 0 Å². The van der Waals surface area contributed by atoms with Crippen molar-refractivity contribution < 1.29 is 9.18 Å². The summed E-state index contributed by atoms with van der Waals surface area (Å²) in [7, 11) is 0. The summed E-state index contributed by atoms with van der Waals surface area (Å²) in [6.07, 6.45) is 3.99. The number of benzene rings is 2. The minimum atomic E-state index is -0.261. The Bertz CT molecular complexity index is 1340. The highest BCUT2D eigenvalue weighted by atomic mass is 32.2. The van der Waals surface area contributed by atoms with E-state index in [1.165, 1.54) is 35.2 Å². The molecule has 32 heavy (non-hydrogen) atoms. The Kier molecular flexibility index (Phi) is 5.70. The summed E-state index contributed by atoms with van der Waals surface area (Å²) in [5, 5.41) is 9.31. The topological polar surface area (TPSA) is 94.5 Å². The summed E-state index contributed by atoms with van der Waals surface area (Å²) in [6.45, 7) is 0. The number of rotatable bonds is 5. The molecule has 3 N–H and O–H groups in total. The van der Waals surface area contributed by atoms with Crippen LogP contribution in [0.3, 0.4) is 0 Å². The number of hydrazone groups is 1. The van der Waals surface area contributed by atoms with Gasteiger partial charge in [0.15, 0.2) is 10.9 Å². The standard InChI is InChI=1S/C22H17FN6OS2/c23-14-7-5-13(6-8-14)9-15-10-25-22(32-15)27-18(30)12-31-19-11-24-21-20(29-28-19)16-3-1-2-4-17(16)26-21/h1-8,10-11,26,29H,9,12H2,(H,25,27,30). The van der Waals surface area contributed by atoms with Gasteiger partial charge in [-0.25, -0.2) is 14.4 Å². The smallest absolute Gasteiger partial charge is 0.236 e. The first kappa shape index (κ1) is 20.4. The Hall–Kier alpha value is -3.50. The fourth-order valence-electron chi connectivity index (χ4n) is 3.21. The summed E-state index contributed by atoms with van der Waals surface area (Å²) < 4.78 is 13.0. The number of anilines is 2. The summed E-state index contributed by atoms with van der Waals surface area (Å²) in [5.41, 5.74) is 5.83. The Labute approximate surface area is 190 Å². The van der Waals surface area contributed by atoms with E-state index < -0.39 is 0 Å². The number of aliphatic imine (C=N–C) groups is 1. The van der Waals surface area contributed by atoms with Gasteiger partial charge < -0.3 is 10.3 Å². The molecule has 4 aromatic rings. The van der Waals surface area contributed by atoms with E-state index in [0.717, 1.165) is 27.0 Å². The van der Waals surface area contributed by atoms with Crippen molar-refractivity contribution in [3.05, 3.63) is 71.0 Å². The number of nitrogens with one attached hydrogen (secondary N) is 3. The number of nitrogens with zero attached hydrogens (tertiary/aromatic N) is 3. The highest BCUT2D eigenvalue weighted by Gasteiger charge is 2.14. The molecule has 160 valence electrons. The van der Waals surface area contributed by atoms with Crippen LogP contribution in [0.15, 0.2) is 64.8 Å². The average Bonchev–Trinajstić information content (AvgIpc) is 3.32. The molecule has 5 rings (SSSR count). The van der Waals surface area contributed by atoms with E-state index in [0.29, 0.717) is 22.4 Å². The molecule has 3 heterocycles. The van der Waals surface area contributed by atoms with E-state index >= 15 is 0 Å². The van der Waals surface area contributed by atoms with Crippen molar-refractivity contribution in [2.75, 3.05) is 16.5 Å². The normalized spacial score (nSPS) is 12.7. The minimum absolute atomic E-state index is 0.175. The lowest BCUT2D eigenvalue weighted by Crippen LogP contribution is -2.15. The number of carbonyl (C=O) groups excluding carboxylic acids is 1. The maximum absolute atomic E-state index is 13.0. The minimum Gasteiger partial charge on any atom is -0.338 e. The van der Waals surface area contributed by atoms with E-state index in [9.17, 15) is 9.18 Å². The highest BCUT2D eigenvalue weighted by Crippen LogP contribution is 2.34. The molecule has 2 aromatic carbocycles. The van der Waals surface area contributed by atoms with Crippen molar-refractivity contribution >= 4 is 67.8 Å². The van der Waals surface area contributed by atoms with Gasteiger partial charge in [0.05, 0.1) is 12.0 Å². The molecule has 0 aliphatic carbocycles. The number of halogens is 1. The van der Waals surface area contributed by atoms with Crippen LogP contribution in [-0.4, -0.2) is 32.9 Å². The first-order chi connectivity index (χ1) is 15.6. The molecule has 0 atom stereocenters. The second-order valence-corrected chi connectivity index (χ2v) is 9.10. The fourth-order valence-corrected chi connectivity index (χ4v) is 4.66. The summed E-state index contributed by atoms with van der Waals surface area (Å²) in [4.78, 5) is 25.3. The molecule has 0 unspecified atom stereocenters. The van der Waals surface area contributed by atoms with E-state index in [-0.39, 0.29) is 17.5 Å². The quantitative estimate of drug-likeness (QED) is 0.380. The van der Waals surface area contributed by atoms with Crippen LogP contribution >= 0.6 is 23.1 Å². The monoisotopic (exact) mass is 464 g/mol. The Morgan fingerprint density at radius 3 is 2.88 bits per heavy atom. The van der Waals surface area contributed by atoms with Gasteiger partial charge >= 0.3 is 0 Å². The van der Waals surface area contributed by atoms with E-state index in [1.807, 2.05) is 24.3 Å². The van der Waals surface area contributed by atoms with Gasteiger partial charge in [0.1, 0.15) is 16.5 Å². The second-order valence-electron chi connectivity index (χ2n) is 6.99. The Morgan fingerprint density at radius 1 is 1.16 bits per heavy atom. The van der Waals surface area contributed by atoms with Gasteiger partial charge in [-0.2, -0.15) is 5.10 Å². The van der Waals surface area contributed by atoms with Crippen molar-refractivity contribution in [3.8, 4) is 0 Å². The van der Waals surface area contributed by atoms with Gasteiger partial charge in [0, 0.05) is 28.4 Å². The number of H-pyrrole nitrogens is 1. The number of hydrogen-bond acceptors (Lipinski definition) is 7. The Balaban J connectivity index is 1.16. The lowest BCUT2D eigenvalue weighted by Gasteiger charge is -2.02. The summed E-state index contributed by atoms with van der Waals surface area (Å²) in [6, 6.07) is 14.2. The number of aromatic nitrogens is 2. The van der Waals surface area contributed by atoms with Crippen molar-refractivity contribution in [3.63, 3.8) is 0 Å². The van der Waals surface area contributed by atoms with E-state index in [2.05, 4.69) is 30.8 Å². The van der Waals surface area contributed by atoms with Crippen LogP contribution in [0.25, 0.3) is 10.9 Å². The van der Waals surface area contributed by atoms with Gasteiger partial charge in [-0.3, -0.25) is 10.2 Å². The van der Waals surface area contributed by atoms with Gasteiger partial charge in [-0.05, 0) is 23.8 Å². The Morgan fingerprint density at radius 2 is 2.00 bits per heavy atom. The molecule has 0 saturated carbocycles. The zero-order valence-electron chi connectivity index (χ0n) is 16.6. The molecule has 0 saturated heterocycles. The van der Waals surface area contributed by atoms with Crippen LogP contribution in [0.4, 0.5) is 21.0 Å². The fraction of sp³-hybridized carbons (Fsp3) is 0.0909. The zero-order valence-corrected chi connectivity index (χ0v) is 18.3. The maximum Gasteiger partial charge on any atom is 0.236 e. The molecule has 0 spiro atoms. The number of fused-ring (bicyclic) bond motifs is 3. The van der Waals surface area contributed by atoms with Crippen LogP contribution in [-0.2, 0) is 11.2 Å². The molecule has 7 nitrogen and oxygen atoms in total. The van der Waals surface area contributed by atoms with Gasteiger partial charge in [-0.15, -0.1) is 11.3 Å². The van der Waals surface area contributed by atoms with Crippen LogP contribution in [0.2, 0.25) is 0 Å². The van der Waals surface area contributed by atoms with Crippen LogP contribution in [0, 0.1) is 5.82 Å². The van der Waals surface area contributed by atoms with Gasteiger partial charge in [0.25, 0.3) is 0 Å². The summed E-state index contributed by atoms with van der Waals surface area (Å²) in [5.74, 6) is 0.436. The van der Waals surface area contributed by atoms with Crippen LogP contribution in [0.5, 0.6) is 0 Å². The van der Waals surface area contributed by atoms with Crippen LogP contribution in [0.1, 0.15) is 10.4 Å². The third kappa shape index (κ3) is 4.56. The molecular formula is C22H17FN6OS2. The molecule has 10 heteroatoms. The number of hydrogen-bond donors (Lipinski definition) is 3. The predicted molar refractivity (Wildman–Crippen MR) is 130 cm³/mol. The molecule has 2 aromatic heterocycles. The molecule has 1 amide bonds. The zero-order chi connectivity index (χ0) is 21.9. The first-order valence-electron chi connectivity index (χ1n) is 9.74. The molecule has 1 aliphatic rings. The van der Waals surface area contributed by atoms with Crippen molar-refractivity contribution in [2.24, 2.45) is 10.1 Å². The number of thiazole rings is 1. The van der Waals surface area contributed by atoms with Crippen molar-refractivity contribution in [2.45, 2.75) is 6.42 Å². The van der Waals surface area contributed by atoms with E-state index in [1.54, 1.807) is 24.5 Å². The molecule has 0 fully saturated rings. The van der Waals surface area contributed by atoms with E-state index in [4.69, 9.17) is 0 Å². The third-order valence-corrected chi connectivity index (χ3v) is 6.52. The number of thioether (sulfide) groups is 1. The number of amides is 1. The lowest BCUT2D eigenvalue weighted by atomic mass is 10.1. The largest absolute Gasteiger partial charge is 0.338 e. The second kappa shape index (κ2) is 8.93. The molecule has 1 aliphatic heterocycles. The molecular weight excluding hydrogens is 447 g/mol. The van der Waals surface area contributed by atoms with Crippen molar-refractivity contribution in [1.82, 2.24) is 9.97 Å². The maximum atomic E-state index is 13.0. The van der Waals surface area contributed by atoms with Gasteiger partial charge in [-0.1, -0.05) is 42.1 Å². The number of carbonyl (C=O) groups is 1. The summed E-state index contributed by atoms with van der Waals surface area (Å²) >= 11 is 2.68. The number of aromatic amines is 1. The molecule has 0 bridgehead atoms. The van der Waals surface area contributed by atoms with Gasteiger partial charge in [0.2, 0.25) is 5.91 Å². The number of para-hydroxylation sites is 1. The third-order valence-electron chi connectivity index (χ3n) is 4.71. The van der Waals surface area contributed by atoms with Crippen LogP contribution < -0.4 is 10.7 Å². The highest BCUT2D eigenvalue weighted by molar-refractivity contribution is 8.16. The SMILES string of the molecule is O=C(CSC1=NNc2c([nH]c3ccccc23)N=C1)Nc1ncc(Cc2ccc(F)cc2)s1. The first-order valence-corrected chi connectivity index (χ1v) is 11.5.